The first-order valence-electron chi connectivity index (χ1n) is 5.99. The molecule has 0 bridgehead atoms. The van der Waals surface area contributed by atoms with Crippen LogP contribution in [0.3, 0.4) is 0 Å². The number of fused-ring (bicyclic) bond motifs is 1. The number of halogens is 1. The lowest BCUT2D eigenvalue weighted by atomic mass is 10.1. The number of anilines is 2. The van der Waals surface area contributed by atoms with Gasteiger partial charge in [0.2, 0.25) is 5.91 Å². The van der Waals surface area contributed by atoms with E-state index in [0.717, 1.165) is 34.4 Å². The molecule has 1 amide bonds. The fraction of sp³-hybridized carbons (Fsp3) is 0.462. The van der Waals surface area contributed by atoms with Crippen molar-refractivity contribution in [1.82, 2.24) is 0 Å². The topological polar surface area (TPSA) is 32.3 Å². The summed E-state index contributed by atoms with van der Waals surface area (Å²) in [7, 11) is 0. The van der Waals surface area contributed by atoms with Crippen molar-refractivity contribution in [1.29, 1.82) is 0 Å². The van der Waals surface area contributed by atoms with E-state index in [1.165, 1.54) is 12.8 Å². The fourth-order valence-electron chi connectivity index (χ4n) is 2.39. The van der Waals surface area contributed by atoms with E-state index >= 15 is 0 Å². The Morgan fingerprint density at radius 3 is 2.94 bits per heavy atom. The quantitative estimate of drug-likeness (QED) is 0.876. The largest absolute Gasteiger partial charge is 0.360 e. The van der Waals surface area contributed by atoms with Gasteiger partial charge in [0, 0.05) is 11.6 Å². The van der Waals surface area contributed by atoms with E-state index in [1.807, 2.05) is 19.1 Å². The molecule has 0 radical (unpaired) electrons. The monoisotopic (exact) mass is 250 g/mol. The van der Waals surface area contributed by atoms with Crippen molar-refractivity contribution >= 4 is 28.9 Å². The van der Waals surface area contributed by atoms with Gasteiger partial charge in [-0.25, -0.2) is 0 Å². The SMILES string of the molecule is Cc1c(Cl)ccc2c1N(CC1CC1)CC(=O)N2. The Hall–Kier alpha value is -1.22. The molecule has 0 atom stereocenters. The smallest absolute Gasteiger partial charge is 0.243 e. The molecule has 1 aliphatic carbocycles. The van der Waals surface area contributed by atoms with E-state index in [0.29, 0.717) is 6.54 Å². The summed E-state index contributed by atoms with van der Waals surface area (Å²) in [6, 6.07) is 3.73. The molecule has 0 saturated heterocycles. The maximum atomic E-state index is 11.6. The van der Waals surface area contributed by atoms with Gasteiger partial charge in [-0.1, -0.05) is 11.6 Å². The Morgan fingerprint density at radius 1 is 1.47 bits per heavy atom. The lowest BCUT2D eigenvalue weighted by Crippen LogP contribution is -2.39. The number of nitrogens with zero attached hydrogens (tertiary/aromatic N) is 1. The Kier molecular flexibility index (Phi) is 2.51. The zero-order valence-corrected chi connectivity index (χ0v) is 10.5. The number of rotatable bonds is 2. The molecule has 1 N–H and O–H groups in total. The van der Waals surface area contributed by atoms with Gasteiger partial charge in [-0.05, 0) is 43.4 Å². The second-order valence-corrected chi connectivity index (χ2v) is 5.35. The first-order valence-corrected chi connectivity index (χ1v) is 6.37. The van der Waals surface area contributed by atoms with Crippen LogP contribution >= 0.6 is 11.6 Å². The highest BCUT2D eigenvalue weighted by atomic mass is 35.5. The zero-order chi connectivity index (χ0) is 12.0. The first kappa shape index (κ1) is 10.9. The van der Waals surface area contributed by atoms with Crippen molar-refractivity contribution < 1.29 is 4.79 Å². The minimum Gasteiger partial charge on any atom is -0.360 e. The summed E-state index contributed by atoms with van der Waals surface area (Å²) in [6.45, 7) is 3.44. The van der Waals surface area contributed by atoms with Gasteiger partial charge in [-0.2, -0.15) is 0 Å². The van der Waals surface area contributed by atoms with Crippen LogP contribution in [-0.2, 0) is 4.79 Å². The number of hydrogen-bond acceptors (Lipinski definition) is 2. The van der Waals surface area contributed by atoms with Crippen LogP contribution < -0.4 is 10.2 Å². The number of hydrogen-bond donors (Lipinski definition) is 1. The Balaban J connectivity index is 2.02. The normalized spacial score (nSPS) is 18.9. The number of carbonyl (C=O) groups is 1. The predicted octanol–water partition coefficient (Wildman–Crippen LogP) is 2.82. The number of nitrogens with one attached hydrogen (secondary N) is 1. The molecule has 90 valence electrons. The van der Waals surface area contributed by atoms with Gasteiger partial charge in [0.05, 0.1) is 17.9 Å². The third-order valence-electron chi connectivity index (χ3n) is 3.47. The zero-order valence-electron chi connectivity index (χ0n) is 9.79. The number of amides is 1. The van der Waals surface area contributed by atoms with Crippen LogP contribution in [0.2, 0.25) is 5.02 Å². The molecule has 0 spiro atoms. The van der Waals surface area contributed by atoms with Gasteiger partial charge >= 0.3 is 0 Å². The summed E-state index contributed by atoms with van der Waals surface area (Å²) < 4.78 is 0. The van der Waals surface area contributed by atoms with Gasteiger partial charge in [-0.3, -0.25) is 4.79 Å². The Labute approximate surface area is 106 Å². The van der Waals surface area contributed by atoms with Crippen molar-refractivity contribution in [3.8, 4) is 0 Å². The summed E-state index contributed by atoms with van der Waals surface area (Å²) >= 11 is 6.16. The first-order chi connectivity index (χ1) is 8.15. The molecular weight excluding hydrogens is 236 g/mol. The van der Waals surface area contributed by atoms with E-state index in [9.17, 15) is 4.79 Å². The van der Waals surface area contributed by atoms with E-state index in [4.69, 9.17) is 11.6 Å². The molecule has 1 aromatic carbocycles. The standard InChI is InChI=1S/C13H15ClN2O/c1-8-10(14)4-5-11-13(8)16(6-9-2-3-9)7-12(17)15-11/h4-5,9H,2-3,6-7H2,1H3,(H,15,17). The highest BCUT2D eigenvalue weighted by Gasteiger charge is 2.30. The lowest BCUT2D eigenvalue weighted by molar-refractivity contribution is -0.115. The van der Waals surface area contributed by atoms with Gasteiger partial charge < -0.3 is 10.2 Å². The van der Waals surface area contributed by atoms with E-state index < -0.39 is 0 Å². The minimum absolute atomic E-state index is 0.0693. The summed E-state index contributed by atoms with van der Waals surface area (Å²) in [5.41, 5.74) is 3.05. The molecule has 0 aromatic heterocycles. The van der Waals surface area contributed by atoms with Crippen molar-refractivity contribution in [2.45, 2.75) is 19.8 Å². The van der Waals surface area contributed by atoms with Crippen LogP contribution in [0.25, 0.3) is 0 Å². The molecule has 1 saturated carbocycles. The van der Waals surface area contributed by atoms with Crippen molar-refractivity contribution in [3.05, 3.63) is 22.7 Å². The van der Waals surface area contributed by atoms with E-state index in [1.54, 1.807) is 0 Å². The number of benzene rings is 1. The van der Waals surface area contributed by atoms with Gasteiger partial charge in [0.25, 0.3) is 0 Å². The average molecular weight is 251 g/mol. The molecule has 4 heteroatoms. The average Bonchev–Trinajstić information content (AvgIpc) is 3.07. The van der Waals surface area contributed by atoms with Crippen LogP contribution in [0, 0.1) is 12.8 Å². The highest BCUT2D eigenvalue weighted by molar-refractivity contribution is 6.32. The Bertz CT molecular complexity index is 483. The summed E-state index contributed by atoms with van der Waals surface area (Å²) in [6.07, 6.45) is 2.57. The molecule has 1 heterocycles. The maximum Gasteiger partial charge on any atom is 0.243 e. The predicted molar refractivity (Wildman–Crippen MR) is 69.8 cm³/mol. The fourth-order valence-corrected chi connectivity index (χ4v) is 2.55. The van der Waals surface area contributed by atoms with Gasteiger partial charge in [0.1, 0.15) is 0 Å². The summed E-state index contributed by atoms with van der Waals surface area (Å²) in [5, 5.41) is 3.68. The van der Waals surface area contributed by atoms with Crippen LogP contribution in [0.5, 0.6) is 0 Å². The Morgan fingerprint density at radius 2 is 2.24 bits per heavy atom. The molecule has 0 unspecified atom stereocenters. The molecule has 2 aliphatic rings. The molecule has 1 aromatic rings. The number of carbonyl (C=O) groups excluding carboxylic acids is 1. The van der Waals surface area contributed by atoms with Crippen LogP contribution in [0.15, 0.2) is 12.1 Å². The van der Waals surface area contributed by atoms with Gasteiger partial charge in [0.15, 0.2) is 0 Å². The minimum atomic E-state index is 0.0693. The molecule has 3 rings (SSSR count). The summed E-state index contributed by atoms with van der Waals surface area (Å²) in [4.78, 5) is 13.8. The van der Waals surface area contributed by atoms with Crippen molar-refractivity contribution in [3.63, 3.8) is 0 Å². The molecule has 3 nitrogen and oxygen atoms in total. The molecule has 1 aliphatic heterocycles. The third kappa shape index (κ3) is 2.00. The maximum absolute atomic E-state index is 11.6. The summed E-state index contributed by atoms with van der Waals surface area (Å²) in [5.74, 6) is 0.826. The second kappa shape index (κ2) is 3.91. The van der Waals surface area contributed by atoms with Crippen LogP contribution in [0.1, 0.15) is 18.4 Å². The van der Waals surface area contributed by atoms with Crippen molar-refractivity contribution in [2.24, 2.45) is 5.92 Å². The van der Waals surface area contributed by atoms with Crippen molar-refractivity contribution in [2.75, 3.05) is 23.3 Å². The van der Waals surface area contributed by atoms with Crippen LogP contribution in [0.4, 0.5) is 11.4 Å². The molecular formula is C13H15ClN2O. The van der Waals surface area contributed by atoms with Gasteiger partial charge in [-0.15, -0.1) is 0 Å². The lowest BCUT2D eigenvalue weighted by Gasteiger charge is -2.32. The van der Waals surface area contributed by atoms with Crippen LogP contribution in [-0.4, -0.2) is 19.0 Å². The second-order valence-electron chi connectivity index (χ2n) is 4.94. The van der Waals surface area contributed by atoms with E-state index in [-0.39, 0.29) is 5.91 Å². The van der Waals surface area contributed by atoms with E-state index in [2.05, 4.69) is 10.2 Å². The third-order valence-corrected chi connectivity index (χ3v) is 3.87. The molecule has 1 fully saturated rings. The highest BCUT2D eigenvalue weighted by Crippen LogP contribution is 2.39. The molecule has 17 heavy (non-hydrogen) atoms.